The van der Waals surface area contributed by atoms with Gasteiger partial charge in [0, 0.05) is 18.3 Å². The number of carbonyl (C=O) groups excluding carboxylic acids is 3. The Kier molecular flexibility index (Phi) is 7.83. The zero-order chi connectivity index (χ0) is 26.3. The van der Waals surface area contributed by atoms with Crippen LogP contribution in [0.5, 0.6) is 5.75 Å². The van der Waals surface area contributed by atoms with Gasteiger partial charge in [0.2, 0.25) is 0 Å². The molecule has 0 unspecified atom stereocenters. The topological polar surface area (TPSA) is 88.1 Å². The Morgan fingerprint density at radius 2 is 1.47 bits per heavy atom. The fourth-order valence-electron chi connectivity index (χ4n) is 4.93. The number of para-hydroxylation sites is 1. The first kappa shape index (κ1) is 25.3. The lowest BCUT2D eigenvalue weighted by molar-refractivity contribution is -0.141. The molecule has 38 heavy (non-hydrogen) atoms. The third-order valence-electron chi connectivity index (χ3n) is 6.79. The molecular formula is C31H28O7. The summed E-state index contributed by atoms with van der Waals surface area (Å²) in [6, 6.07) is 26.7. The van der Waals surface area contributed by atoms with Crippen molar-refractivity contribution in [3.8, 4) is 5.75 Å². The van der Waals surface area contributed by atoms with Crippen LogP contribution in [0.4, 0.5) is 0 Å². The molecule has 1 heterocycles. The van der Waals surface area contributed by atoms with Gasteiger partial charge in [0.25, 0.3) is 0 Å². The number of esters is 3. The van der Waals surface area contributed by atoms with E-state index >= 15 is 0 Å². The number of hydrogen-bond donors (Lipinski definition) is 0. The standard InChI is InChI=1S/C31H28O7/c32-29-18-26-25(27(19-28(26)37-29)38-31(34)22-12-6-2-7-13-22)17-16-24(20-35-23-14-8-3-9-15-23)36-30(33)21-10-4-1-5-11-21/h1-17,24-28H,18-20H2/b17-16+/t24-,25-,26-,27-,28+/m1/s1. The summed E-state index contributed by atoms with van der Waals surface area (Å²) in [5, 5.41) is 0. The SMILES string of the molecule is O=C1C[C@@H]2[C@@H](/C=C/[C@H](COc3ccccc3)OC(=O)c3ccccc3)[C@H](OC(=O)c3ccccc3)C[C@@H]2O1. The van der Waals surface area contributed by atoms with Crippen LogP contribution in [0.1, 0.15) is 33.6 Å². The first-order valence-electron chi connectivity index (χ1n) is 12.6. The molecule has 2 aliphatic rings. The lowest BCUT2D eigenvalue weighted by atomic mass is 9.91. The highest BCUT2D eigenvalue weighted by atomic mass is 16.6. The van der Waals surface area contributed by atoms with Crippen LogP contribution >= 0.6 is 0 Å². The largest absolute Gasteiger partial charge is 0.489 e. The van der Waals surface area contributed by atoms with Gasteiger partial charge in [0.15, 0.2) is 6.10 Å². The van der Waals surface area contributed by atoms with E-state index in [0.717, 1.165) is 0 Å². The van der Waals surface area contributed by atoms with Crippen LogP contribution in [-0.4, -0.2) is 42.8 Å². The van der Waals surface area contributed by atoms with Gasteiger partial charge >= 0.3 is 17.9 Å². The maximum atomic E-state index is 12.8. The molecule has 194 valence electrons. The van der Waals surface area contributed by atoms with Crippen molar-refractivity contribution < 1.29 is 33.3 Å². The molecule has 3 aromatic rings. The van der Waals surface area contributed by atoms with Crippen LogP contribution in [-0.2, 0) is 19.0 Å². The molecule has 3 aromatic carbocycles. The average Bonchev–Trinajstić information content (AvgIpc) is 3.46. The van der Waals surface area contributed by atoms with Gasteiger partial charge < -0.3 is 18.9 Å². The highest BCUT2D eigenvalue weighted by molar-refractivity contribution is 5.90. The minimum absolute atomic E-state index is 0.0871. The van der Waals surface area contributed by atoms with Crippen LogP contribution in [0.15, 0.2) is 103 Å². The smallest absolute Gasteiger partial charge is 0.338 e. The number of carbonyl (C=O) groups is 3. The molecule has 0 bridgehead atoms. The van der Waals surface area contributed by atoms with Crippen LogP contribution in [0.2, 0.25) is 0 Å². The van der Waals surface area contributed by atoms with Gasteiger partial charge in [-0.15, -0.1) is 0 Å². The lowest BCUT2D eigenvalue weighted by Gasteiger charge is -2.21. The van der Waals surface area contributed by atoms with E-state index in [-0.39, 0.29) is 36.9 Å². The van der Waals surface area contributed by atoms with Crippen molar-refractivity contribution in [2.24, 2.45) is 11.8 Å². The first-order valence-corrected chi connectivity index (χ1v) is 12.6. The first-order chi connectivity index (χ1) is 18.6. The summed E-state index contributed by atoms with van der Waals surface area (Å²) in [4.78, 5) is 37.6. The van der Waals surface area contributed by atoms with Gasteiger partial charge in [-0.05, 0) is 42.5 Å². The molecule has 1 saturated carbocycles. The second kappa shape index (κ2) is 11.8. The maximum absolute atomic E-state index is 12.8. The number of ether oxygens (including phenoxy) is 4. The van der Waals surface area contributed by atoms with E-state index in [1.807, 2.05) is 48.5 Å². The fraction of sp³-hybridized carbons (Fsp3) is 0.258. The minimum Gasteiger partial charge on any atom is -0.489 e. The highest BCUT2D eigenvalue weighted by Crippen LogP contribution is 2.43. The van der Waals surface area contributed by atoms with E-state index in [2.05, 4.69) is 0 Å². The van der Waals surface area contributed by atoms with Crippen LogP contribution < -0.4 is 4.74 Å². The Labute approximate surface area is 221 Å². The molecule has 7 heteroatoms. The van der Waals surface area contributed by atoms with E-state index in [4.69, 9.17) is 18.9 Å². The Bertz CT molecular complexity index is 1270. The Morgan fingerprint density at radius 3 is 2.13 bits per heavy atom. The molecule has 1 aliphatic heterocycles. The summed E-state index contributed by atoms with van der Waals surface area (Å²) in [6.07, 6.45) is 2.76. The zero-order valence-corrected chi connectivity index (χ0v) is 20.7. The van der Waals surface area contributed by atoms with Gasteiger partial charge in [-0.1, -0.05) is 60.7 Å². The number of benzene rings is 3. The van der Waals surface area contributed by atoms with Crippen LogP contribution in [0, 0.1) is 11.8 Å². The second-order valence-electron chi connectivity index (χ2n) is 9.34. The Morgan fingerprint density at radius 1 is 0.868 bits per heavy atom. The van der Waals surface area contributed by atoms with E-state index in [1.54, 1.807) is 54.6 Å². The summed E-state index contributed by atoms with van der Waals surface area (Å²) in [7, 11) is 0. The van der Waals surface area contributed by atoms with E-state index in [0.29, 0.717) is 23.3 Å². The molecule has 0 N–H and O–H groups in total. The molecular weight excluding hydrogens is 484 g/mol. The summed E-state index contributed by atoms with van der Waals surface area (Å²) in [5.41, 5.74) is 0.881. The van der Waals surface area contributed by atoms with Crippen molar-refractivity contribution in [2.75, 3.05) is 6.61 Å². The summed E-state index contributed by atoms with van der Waals surface area (Å²) in [5.74, 6) is -0.938. The summed E-state index contributed by atoms with van der Waals surface area (Å²) < 4.78 is 23.0. The zero-order valence-electron chi connectivity index (χ0n) is 20.7. The summed E-state index contributed by atoms with van der Waals surface area (Å²) in [6.45, 7) is 0.0871. The molecule has 1 aliphatic carbocycles. The van der Waals surface area contributed by atoms with Crippen molar-refractivity contribution in [3.05, 3.63) is 114 Å². The predicted molar refractivity (Wildman–Crippen MR) is 138 cm³/mol. The van der Waals surface area contributed by atoms with Crippen LogP contribution in [0.3, 0.4) is 0 Å². The number of rotatable bonds is 9. The highest BCUT2D eigenvalue weighted by Gasteiger charge is 2.50. The molecule has 0 spiro atoms. The molecule has 0 amide bonds. The van der Waals surface area contributed by atoms with Crippen molar-refractivity contribution in [2.45, 2.75) is 31.2 Å². The van der Waals surface area contributed by atoms with Crippen molar-refractivity contribution in [1.82, 2.24) is 0 Å². The van der Waals surface area contributed by atoms with Gasteiger partial charge in [-0.25, -0.2) is 9.59 Å². The van der Waals surface area contributed by atoms with Gasteiger partial charge in [0.1, 0.15) is 24.6 Å². The van der Waals surface area contributed by atoms with Gasteiger partial charge in [-0.2, -0.15) is 0 Å². The Hall–Kier alpha value is -4.39. The maximum Gasteiger partial charge on any atom is 0.338 e. The van der Waals surface area contributed by atoms with E-state index in [1.165, 1.54) is 0 Å². The number of fused-ring (bicyclic) bond motifs is 1. The van der Waals surface area contributed by atoms with E-state index < -0.39 is 24.1 Å². The fourth-order valence-corrected chi connectivity index (χ4v) is 4.93. The van der Waals surface area contributed by atoms with Crippen molar-refractivity contribution in [3.63, 3.8) is 0 Å². The molecule has 1 saturated heterocycles. The van der Waals surface area contributed by atoms with Gasteiger partial charge in [-0.3, -0.25) is 4.79 Å². The Balaban J connectivity index is 1.34. The molecule has 5 atom stereocenters. The molecule has 2 fully saturated rings. The second-order valence-corrected chi connectivity index (χ2v) is 9.34. The summed E-state index contributed by atoms with van der Waals surface area (Å²) >= 11 is 0. The van der Waals surface area contributed by atoms with Crippen molar-refractivity contribution in [1.29, 1.82) is 0 Å². The third kappa shape index (κ3) is 6.11. The van der Waals surface area contributed by atoms with Crippen molar-refractivity contribution >= 4 is 17.9 Å². The predicted octanol–water partition coefficient (Wildman–Crippen LogP) is 5.02. The quantitative estimate of drug-likeness (QED) is 0.226. The molecule has 5 rings (SSSR count). The monoisotopic (exact) mass is 512 g/mol. The lowest BCUT2D eigenvalue weighted by Crippen LogP contribution is -2.27. The molecule has 7 nitrogen and oxygen atoms in total. The molecule has 0 radical (unpaired) electrons. The minimum atomic E-state index is -0.717. The number of hydrogen-bond acceptors (Lipinski definition) is 7. The average molecular weight is 513 g/mol. The van der Waals surface area contributed by atoms with Crippen LogP contribution in [0.25, 0.3) is 0 Å². The van der Waals surface area contributed by atoms with E-state index in [9.17, 15) is 14.4 Å². The third-order valence-corrected chi connectivity index (χ3v) is 6.79. The van der Waals surface area contributed by atoms with Gasteiger partial charge in [0.05, 0.1) is 17.5 Å². The normalized spacial score (nSPS) is 22.9. The molecule has 0 aromatic heterocycles.